The van der Waals surface area contributed by atoms with Gasteiger partial charge < -0.3 is 0 Å². The van der Waals surface area contributed by atoms with Crippen molar-refractivity contribution in [2.45, 2.75) is 58.3 Å². The van der Waals surface area contributed by atoms with Crippen LogP contribution in [0.4, 0.5) is 0 Å². The van der Waals surface area contributed by atoms with Crippen molar-refractivity contribution in [3.63, 3.8) is 0 Å². The first-order chi connectivity index (χ1) is 8.31. The SMILES string of the molecule is CCCCCC(CCC)c1ncc(C#N)cn1. The molecule has 0 aromatic carbocycles. The molecule has 3 heteroatoms. The third kappa shape index (κ3) is 4.52. The molecule has 0 spiro atoms. The number of hydrogen-bond acceptors (Lipinski definition) is 3. The van der Waals surface area contributed by atoms with Crippen molar-refractivity contribution in [2.75, 3.05) is 0 Å². The number of unbranched alkanes of at least 4 members (excludes halogenated alkanes) is 2. The van der Waals surface area contributed by atoms with E-state index in [4.69, 9.17) is 5.26 Å². The Bertz CT molecular complexity index is 351. The molecule has 17 heavy (non-hydrogen) atoms. The van der Waals surface area contributed by atoms with Gasteiger partial charge in [0.2, 0.25) is 0 Å². The van der Waals surface area contributed by atoms with Crippen LogP contribution in [-0.2, 0) is 0 Å². The molecule has 1 rings (SSSR count). The van der Waals surface area contributed by atoms with Crippen LogP contribution < -0.4 is 0 Å². The van der Waals surface area contributed by atoms with Gasteiger partial charge in [-0.25, -0.2) is 9.97 Å². The van der Waals surface area contributed by atoms with Gasteiger partial charge in [-0.2, -0.15) is 5.26 Å². The van der Waals surface area contributed by atoms with E-state index in [1.54, 1.807) is 12.4 Å². The number of aromatic nitrogens is 2. The van der Waals surface area contributed by atoms with E-state index >= 15 is 0 Å². The van der Waals surface area contributed by atoms with E-state index in [1.165, 1.54) is 19.3 Å². The summed E-state index contributed by atoms with van der Waals surface area (Å²) in [5.41, 5.74) is 0.539. The molecule has 0 fully saturated rings. The molecular weight excluding hydrogens is 210 g/mol. The van der Waals surface area contributed by atoms with Gasteiger partial charge in [-0.3, -0.25) is 0 Å². The summed E-state index contributed by atoms with van der Waals surface area (Å²) in [6.07, 6.45) is 10.5. The molecule has 0 saturated carbocycles. The Kier molecular flexibility index (Phi) is 6.24. The molecule has 0 aliphatic carbocycles. The summed E-state index contributed by atoms with van der Waals surface area (Å²) >= 11 is 0. The Hall–Kier alpha value is -1.43. The van der Waals surface area contributed by atoms with E-state index in [1.807, 2.05) is 0 Å². The van der Waals surface area contributed by atoms with Gasteiger partial charge in [0.25, 0.3) is 0 Å². The largest absolute Gasteiger partial charge is 0.240 e. The lowest BCUT2D eigenvalue weighted by Crippen LogP contribution is -2.04. The maximum absolute atomic E-state index is 8.71. The van der Waals surface area contributed by atoms with Crippen molar-refractivity contribution in [3.05, 3.63) is 23.8 Å². The molecule has 0 bridgehead atoms. The molecule has 3 nitrogen and oxygen atoms in total. The van der Waals surface area contributed by atoms with Gasteiger partial charge in [0.15, 0.2) is 0 Å². The van der Waals surface area contributed by atoms with Crippen molar-refractivity contribution >= 4 is 0 Å². The van der Waals surface area contributed by atoms with Crippen LogP contribution >= 0.6 is 0 Å². The van der Waals surface area contributed by atoms with E-state index in [0.29, 0.717) is 11.5 Å². The molecule has 0 aliphatic rings. The predicted molar refractivity (Wildman–Crippen MR) is 68.5 cm³/mol. The van der Waals surface area contributed by atoms with Crippen LogP contribution in [0.2, 0.25) is 0 Å². The highest BCUT2D eigenvalue weighted by Gasteiger charge is 2.13. The highest BCUT2D eigenvalue weighted by molar-refractivity contribution is 5.22. The normalized spacial score (nSPS) is 12.1. The topological polar surface area (TPSA) is 49.6 Å². The Morgan fingerprint density at radius 1 is 1.12 bits per heavy atom. The van der Waals surface area contributed by atoms with Gasteiger partial charge in [-0.1, -0.05) is 39.5 Å². The maximum Gasteiger partial charge on any atom is 0.131 e. The molecule has 1 heterocycles. The summed E-state index contributed by atoms with van der Waals surface area (Å²) in [6.45, 7) is 4.41. The first kappa shape index (κ1) is 13.6. The molecule has 0 amide bonds. The van der Waals surface area contributed by atoms with E-state index in [0.717, 1.165) is 25.1 Å². The van der Waals surface area contributed by atoms with Crippen LogP contribution in [0, 0.1) is 11.3 Å². The lowest BCUT2D eigenvalue weighted by Gasteiger charge is -2.14. The average Bonchev–Trinajstić information content (AvgIpc) is 2.38. The molecule has 1 unspecified atom stereocenters. The highest BCUT2D eigenvalue weighted by Crippen LogP contribution is 2.24. The second-order valence-electron chi connectivity index (χ2n) is 4.42. The molecule has 0 radical (unpaired) electrons. The Morgan fingerprint density at radius 2 is 1.82 bits per heavy atom. The van der Waals surface area contributed by atoms with Gasteiger partial charge in [-0.05, 0) is 12.8 Å². The van der Waals surface area contributed by atoms with Gasteiger partial charge in [0.05, 0.1) is 5.56 Å². The number of nitriles is 1. The average molecular weight is 231 g/mol. The van der Waals surface area contributed by atoms with Gasteiger partial charge >= 0.3 is 0 Å². The van der Waals surface area contributed by atoms with Gasteiger partial charge in [0, 0.05) is 18.3 Å². The zero-order valence-corrected chi connectivity index (χ0v) is 10.8. The van der Waals surface area contributed by atoms with Crippen LogP contribution in [0.25, 0.3) is 0 Å². The monoisotopic (exact) mass is 231 g/mol. The summed E-state index contributed by atoms with van der Waals surface area (Å²) < 4.78 is 0. The third-order valence-corrected chi connectivity index (χ3v) is 2.96. The van der Waals surface area contributed by atoms with E-state index in [2.05, 4.69) is 29.9 Å². The minimum Gasteiger partial charge on any atom is -0.240 e. The van der Waals surface area contributed by atoms with Crippen molar-refractivity contribution in [1.29, 1.82) is 5.26 Å². The third-order valence-electron chi connectivity index (χ3n) is 2.96. The van der Waals surface area contributed by atoms with Gasteiger partial charge in [-0.15, -0.1) is 0 Å². The second kappa shape index (κ2) is 7.78. The second-order valence-corrected chi connectivity index (χ2v) is 4.42. The van der Waals surface area contributed by atoms with E-state index < -0.39 is 0 Å². The zero-order chi connectivity index (χ0) is 12.5. The van der Waals surface area contributed by atoms with E-state index in [9.17, 15) is 0 Å². The molecule has 1 atom stereocenters. The predicted octanol–water partition coefficient (Wildman–Crippen LogP) is 3.81. The van der Waals surface area contributed by atoms with E-state index in [-0.39, 0.29) is 0 Å². The molecule has 92 valence electrons. The van der Waals surface area contributed by atoms with Crippen molar-refractivity contribution in [3.8, 4) is 6.07 Å². The van der Waals surface area contributed by atoms with Gasteiger partial charge in [0.1, 0.15) is 11.9 Å². The fraction of sp³-hybridized carbons (Fsp3) is 0.643. The summed E-state index contributed by atoms with van der Waals surface area (Å²) in [4.78, 5) is 8.63. The Labute approximate surface area is 104 Å². The molecule has 0 N–H and O–H groups in total. The maximum atomic E-state index is 8.71. The minimum absolute atomic E-state index is 0.458. The molecule has 0 aliphatic heterocycles. The Morgan fingerprint density at radius 3 is 2.35 bits per heavy atom. The summed E-state index contributed by atoms with van der Waals surface area (Å²) in [6, 6.07) is 2.05. The van der Waals surface area contributed by atoms with Crippen LogP contribution in [0.5, 0.6) is 0 Å². The number of nitrogens with zero attached hydrogens (tertiary/aromatic N) is 3. The van der Waals surface area contributed by atoms with Crippen molar-refractivity contribution in [1.82, 2.24) is 9.97 Å². The molecule has 1 aromatic rings. The quantitative estimate of drug-likeness (QED) is 0.670. The lowest BCUT2D eigenvalue weighted by atomic mass is 9.95. The standard InChI is InChI=1S/C14H21N3/c1-3-5-6-8-13(7-4-2)14-16-10-12(9-15)11-17-14/h10-11,13H,3-8H2,1-2H3. The summed E-state index contributed by atoms with van der Waals surface area (Å²) in [5.74, 6) is 1.36. The number of hydrogen-bond donors (Lipinski definition) is 0. The van der Waals surface area contributed by atoms with Crippen LogP contribution in [0.1, 0.15) is 69.7 Å². The summed E-state index contributed by atoms with van der Waals surface area (Å²) in [7, 11) is 0. The fourth-order valence-electron chi connectivity index (χ4n) is 2.00. The Balaban J connectivity index is 2.64. The lowest BCUT2D eigenvalue weighted by molar-refractivity contribution is 0.507. The van der Waals surface area contributed by atoms with Crippen LogP contribution in [0.3, 0.4) is 0 Å². The smallest absolute Gasteiger partial charge is 0.131 e. The van der Waals surface area contributed by atoms with Crippen molar-refractivity contribution in [2.24, 2.45) is 0 Å². The first-order valence-corrected chi connectivity index (χ1v) is 6.53. The number of rotatable bonds is 7. The fourth-order valence-corrected chi connectivity index (χ4v) is 2.00. The van der Waals surface area contributed by atoms with Crippen LogP contribution in [0.15, 0.2) is 12.4 Å². The summed E-state index contributed by atoms with van der Waals surface area (Å²) in [5, 5.41) is 8.71. The van der Waals surface area contributed by atoms with Crippen molar-refractivity contribution < 1.29 is 0 Å². The molecule has 0 saturated heterocycles. The zero-order valence-electron chi connectivity index (χ0n) is 10.8. The first-order valence-electron chi connectivity index (χ1n) is 6.53. The minimum atomic E-state index is 0.458. The molecule has 1 aromatic heterocycles. The molecular formula is C14H21N3. The highest BCUT2D eigenvalue weighted by atomic mass is 14.9. The van der Waals surface area contributed by atoms with Crippen LogP contribution in [-0.4, -0.2) is 9.97 Å².